The van der Waals surface area contributed by atoms with Crippen LogP contribution in [0, 0.1) is 13.8 Å². The Morgan fingerprint density at radius 3 is 2.70 bits per heavy atom. The van der Waals surface area contributed by atoms with Gasteiger partial charge in [0.15, 0.2) is 0 Å². The van der Waals surface area contributed by atoms with Crippen molar-refractivity contribution in [1.29, 1.82) is 0 Å². The van der Waals surface area contributed by atoms with E-state index in [4.69, 9.17) is 0 Å². The lowest BCUT2D eigenvalue weighted by Gasteiger charge is -2.19. The highest BCUT2D eigenvalue weighted by Crippen LogP contribution is 2.21. The molecule has 1 unspecified atom stereocenters. The first kappa shape index (κ1) is 12.9. The number of nitrogens with one attached hydrogen (secondary N) is 1. The fraction of sp³-hybridized carbons (Fsp3) is 0.375. The zero-order chi connectivity index (χ0) is 13.9. The van der Waals surface area contributed by atoms with Crippen LogP contribution in [0.15, 0.2) is 36.4 Å². The summed E-state index contributed by atoms with van der Waals surface area (Å²) < 4.78 is 0. The van der Waals surface area contributed by atoms with E-state index in [1.54, 1.807) is 0 Å². The van der Waals surface area contributed by atoms with E-state index in [1.165, 1.54) is 5.69 Å². The summed E-state index contributed by atoms with van der Waals surface area (Å²) in [7, 11) is 0. The van der Waals surface area contributed by atoms with Crippen molar-refractivity contribution < 1.29 is 0 Å². The Morgan fingerprint density at radius 2 is 1.95 bits per heavy atom. The van der Waals surface area contributed by atoms with Gasteiger partial charge in [0.05, 0.1) is 0 Å². The molecule has 1 aromatic carbocycles. The number of aryl methyl sites for hydroxylation is 2. The first-order valence-corrected chi connectivity index (χ1v) is 7.09. The molecule has 0 spiro atoms. The summed E-state index contributed by atoms with van der Waals surface area (Å²) >= 11 is 0. The minimum atomic E-state index is 0.448. The minimum Gasteiger partial charge on any atom is -0.369 e. The van der Waals surface area contributed by atoms with Gasteiger partial charge in [0, 0.05) is 36.6 Å². The molecule has 0 bridgehead atoms. The average Bonchev–Trinajstić information content (AvgIpc) is 2.87. The second kappa shape index (κ2) is 5.49. The lowest BCUT2D eigenvalue weighted by Crippen LogP contribution is -2.26. The summed E-state index contributed by atoms with van der Waals surface area (Å²) in [5.41, 5.74) is 2.31. The van der Waals surface area contributed by atoms with Crippen molar-refractivity contribution >= 4 is 11.5 Å². The molecule has 0 saturated carbocycles. The molecule has 1 saturated heterocycles. The van der Waals surface area contributed by atoms with Crippen molar-refractivity contribution in [2.45, 2.75) is 26.3 Å². The standard InChI is InChI=1S/C16H20N4/c1-12-10-16(18-13(2)17-12)19-14-8-9-20(11-14)15-6-4-3-5-7-15/h3-7,10,14H,8-9,11H2,1-2H3,(H,17,18,19). The molecule has 0 aliphatic carbocycles. The first-order chi connectivity index (χ1) is 9.70. The number of rotatable bonds is 3. The second-order valence-corrected chi connectivity index (χ2v) is 5.35. The molecule has 104 valence electrons. The van der Waals surface area contributed by atoms with Crippen LogP contribution >= 0.6 is 0 Å². The van der Waals surface area contributed by atoms with Crippen LogP contribution < -0.4 is 10.2 Å². The predicted octanol–water partition coefficient (Wildman–Crippen LogP) is 2.78. The third-order valence-electron chi connectivity index (χ3n) is 3.63. The number of aromatic nitrogens is 2. The van der Waals surface area contributed by atoms with Crippen LogP contribution in [0.3, 0.4) is 0 Å². The van der Waals surface area contributed by atoms with Crippen molar-refractivity contribution in [2.24, 2.45) is 0 Å². The van der Waals surface area contributed by atoms with E-state index in [0.29, 0.717) is 6.04 Å². The quantitative estimate of drug-likeness (QED) is 0.929. The van der Waals surface area contributed by atoms with E-state index in [2.05, 4.69) is 50.5 Å². The van der Waals surface area contributed by atoms with E-state index in [0.717, 1.165) is 36.8 Å². The van der Waals surface area contributed by atoms with Crippen LogP contribution in [-0.4, -0.2) is 29.1 Å². The zero-order valence-electron chi connectivity index (χ0n) is 12.0. The normalized spacial score (nSPS) is 18.3. The van der Waals surface area contributed by atoms with Gasteiger partial charge in [-0.3, -0.25) is 0 Å². The molecule has 4 heteroatoms. The minimum absolute atomic E-state index is 0.448. The zero-order valence-corrected chi connectivity index (χ0v) is 12.0. The second-order valence-electron chi connectivity index (χ2n) is 5.35. The van der Waals surface area contributed by atoms with Gasteiger partial charge in [-0.05, 0) is 32.4 Å². The molecule has 0 radical (unpaired) electrons. The summed E-state index contributed by atoms with van der Waals surface area (Å²) in [6, 6.07) is 13.0. The summed E-state index contributed by atoms with van der Waals surface area (Å²) in [5.74, 6) is 1.76. The van der Waals surface area contributed by atoms with Gasteiger partial charge in [-0.25, -0.2) is 9.97 Å². The Morgan fingerprint density at radius 1 is 1.15 bits per heavy atom. The molecule has 1 aliphatic heterocycles. The smallest absolute Gasteiger partial charge is 0.130 e. The number of benzene rings is 1. The molecular weight excluding hydrogens is 248 g/mol. The van der Waals surface area contributed by atoms with Gasteiger partial charge in [0.1, 0.15) is 11.6 Å². The van der Waals surface area contributed by atoms with Gasteiger partial charge >= 0.3 is 0 Å². The van der Waals surface area contributed by atoms with Crippen LogP contribution in [0.25, 0.3) is 0 Å². The Kier molecular flexibility index (Phi) is 3.54. The summed E-state index contributed by atoms with van der Waals surface area (Å²) in [4.78, 5) is 11.2. The molecular formula is C16H20N4. The fourth-order valence-corrected chi connectivity index (χ4v) is 2.75. The van der Waals surface area contributed by atoms with Crippen LogP contribution in [0.2, 0.25) is 0 Å². The molecule has 3 rings (SSSR count). The van der Waals surface area contributed by atoms with Crippen molar-refractivity contribution in [2.75, 3.05) is 23.3 Å². The topological polar surface area (TPSA) is 41.0 Å². The highest BCUT2D eigenvalue weighted by Gasteiger charge is 2.22. The van der Waals surface area contributed by atoms with Crippen LogP contribution in [0.4, 0.5) is 11.5 Å². The molecule has 1 fully saturated rings. The molecule has 4 nitrogen and oxygen atoms in total. The van der Waals surface area contributed by atoms with E-state index < -0.39 is 0 Å². The number of hydrogen-bond donors (Lipinski definition) is 1. The molecule has 2 aromatic rings. The summed E-state index contributed by atoms with van der Waals surface area (Å²) in [5, 5.41) is 3.53. The van der Waals surface area contributed by atoms with Crippen LogP contribution in [-0.2, 0) is 0 Å². The Balaban J connectivity index is 1.66. The lowest BCUT2D eigenvalue weighted by atomic mass is 10.2. The van der Waals surface area contributed by atoms with Crippen molar-refractivity contribution in [1.82, 2.24) is 9.97 Å². The molecule has 1 aromatic heterocycles. The number of nitrogens with zero attached hydrogens (tertiary/aromatic N) is 3. The summed E-state index contributed by atoms with van der Waals surface area (Å²) in [6.07, 6.45) is 1.14. The lowest BCUT2D eigenvalue weighted by molar-refractivity contribution is 0.796. The number of para-hydroxylation sites is 1. The van der Waals surface area contributed by atoms with Gasteiger partial charge < -0.3 is 10.2 Å². The third-order valence-corrected chi connectivity index (χ3v) is 3.63. The van der Waals surface area contributed by atoms with Crippen molar-refractivity contribution in [3.8, 4) is 0 Å². The van der Waals surface area contributed by atoms with E-state index >= 15 is 0 Å². The molecule has 20 heavy (non-hydrogen) atoms. The molecule has 1 N–H and O–H groups in total. The third kappa shape index (κ3) is 2.90. The van der Waals surface area contributed by atoms with E-state index in [-0.39, 0.29) is 0 Å². The van der Waals surface area contributed by atoms with Crippen molar-refractivity contribution in [3.63, 3.8) is 0 Å². The average molecular weight is 268 g/mol. The highest BCUT2D eigenvalue weighted by atomic mass is 15.2. The maximum Gasteiger partial charge on any atom is 0.130 e. The Labute approximate surface area is 119 Å². The first-order valence-electron chi connectivity index (χ1n) is 7.09. The largest absolute Gasteiger partial charge is 0.369 e. The Hall–Kier alpha value is -2.10. The van der Waals surface area contributed by atoms with Crippen LogP contribution in [0.5, 0.6) is 0 Å². The maximum atomic E-state index is 4.45. The predicted molar refractivity (Wildman–Crippen MR) is 82.2 cm³/mol. The number of hydrogen-bond acceptors (Lipinski definition) is 4. The Bertz CT molecular complexity index is 562. The van der Waals surface area contributed by atoms with Gasteiger partial charge in [-0.1, -0.05) is 18.2 Å². The monoisotopic (exact) mass is 268 g/mol. The van der Waals surface area contributed by atoms with E-state index in [9.17, 15) is 0 Å². The highest BCUT2D eigenvalue weighted by molar-refractivity contribution is 5.48. The van der Waals surface area contributed by atoms with Gasteiger partial charge in [-0.2, -0.15) is 0 Å². The van der Waals surface area contributed by atoms with Gasteiger partial charge in [0.25, 0.3) is 0 Å². The molecule has 1 aliphatic rings. The van der Waals surface area contributed by atoms with Gasteiger partial charge in [-0.15, -0.1) is 0 Å². The molecule has 0 amide bonds. The van der Waals surface area contributed by atoms with Crippen molar-refractivity contribution in [3.05, 3.63) is 47.9 Å². The van der Waals surface area contributed by atoms with Gasteiger partial charge in [0.2, 0.25) is 0 Å². The molecule has 2 heterocycles. The van der Waals surface area contributed by atoms with E-state index in [1.807, 2.05) is 19.9 Å². The fourth-order valence-electron chi connectivity index (χ4n) is 2.75. The molecule has 1 atom stereocenters. The number of anilines is 2. The SMILES string of the molecule is Cc1cc(NC2CCN(c3ccccc3)C2)nc(C)n1. The maximum absolute atomic E-state index is 4.45. The summed E-state index contributed by atoms with van der Waals surface area (Å²) in [6.45, 7) is 6.05. The van der Waals surface area contributed by atoms with Crippen LogP contribution in [0.1, 0.15) is 17.9 Å².